The first kappa shape index (κ1) is 98.1. The van der Waals surface area contributed by atoms with Gasteiger partial charge < -0.3 is 116 Å². The van der Waals surface area contributed by atoms with Crippen molar-refractivity contribution in [1.82, 2.24) is 85.9 Å². The number of rotatable bonds is 5. The maximum absolute atomic E-state index is 12.9. The lowest BCUT2D eigenvalue weighted by Crippen LogP contribution is -2.64. The number of methoxy groups -OCH3 is 1. The monoisotopic (exact) mass is 1960 g/mol. The van der Waals surface area contributed by atoms with Crippen molar-refractivity contribution in [2.24, 2.45) is 5.92 Å². The molecule has 0 aromatic carbocycles. The molecule has 14 atom stereocenters. The highest BCUT2D eigenvalue weighted by atomic mass is 16.5. The Labute approximate surface area is 816 Å². The quantitative estimate of drug-likeness (QED) is 0.130. The fourth-order valence-corrected chi connectivity index (χ4v) is 24.8. The molecule has 7 aromatic rings. The highest BCUT2D eigenvalue weighted by Crippen LogP contribution is 2.48. The number of pyridine rings is 7. The summed E-state index contributed by atoms with van der Waals surface area (Å²) in [6.45, 7) is 32.1. The largest absolute Gasteiger partial charge is 0.503 e. The van der Waals surface area contributed by atoms with Crippen molar-refractivity contribution in [1.29, 1.82) is 0 Å². The fraction of sp³-hybridized carbons (Fsp3) is 0.580. The molecule has 8 saturated heterocycles. The minimum absolute atomic E-state index is 0.0138. The number of piperidine rings is 1. The van der Waals surface area contributed by atoms with Crippen LogP contribution in [-0.2, 0) is 60.0 Å². The number of amides is 7. The van der Waals surface area contributed by atoms with Crippen molar-refractivity contribution >= 4 is 41.4 Å². The number of morpholine rings is 2. The van der Waals surface area contributed by atoms with Crippen molar-refractivity contribution in [2.75, 3.05) is 86.0 Å². The second-order valence-electron chi connectivity index (χ2n) is 41.4. The van der Waals surface area contributed by atoms with Crippen LogP contribution in [0.25, 0.3) is 0 Å². The Morgan fingerprint density at radius 3 is 1.05 bits per heavy atom. The fourth-order valence-electron chi connectivity index (χ4n) is 24.8. The van der Waals surface area contributed by atoms with E-state index >= 15 is 0 Å². The van der Waals surface area contributed by atoms with Crippen LogP contribution in [0.1, 0.15) is 211 Å². The third-order valence-electron chi connectivity index (χ3n) is 32.3. The van der Waals surface area contributed by atoms with E-state index < -0.39 is 72.5 Å². The van der Waals surface area contributed by atoms with E-state index in [1.165, 1.54) is 38.5 Å². The van der Waals surface area contributed by atoms with E-state index in [9.17, 15) is 103 Å². The zero-order chi connectivity index (χ0) is 101. The number of hydrogen-bond acceptors (Lipinski definition) is 28. The number of fused-ring (bicyclic) bond motifs is 20. The molecule has 3 saturated carbocycles. The molecule has 15 aliphatic heterocycles. The van der Waals surface area contributed by atoms with Gasteiger partial charge in [-0.3, -0.25) is 86.7 Å². The highest BCUT2D eigenvalue weighted by molar-refractivity contribution is 6.00. The molecule has 7 N–H and O–H groups in total. The van der Waals surface area contributed by atoms with Gasteiger partial charge in [0.05, 0.1) is 77.3 Å². The SMILES string of the molecule is COCCN1CC[C@H](C)N2C(=O)c3c(O)c(=O)c(C)cn3C[C@@H]12.Cc1cn2c(c(O)c1=O)C(=O)N1CCOC[C@@H]1C2.Cc1cn2c(c(O)c1=O)C(=O)N1CCOC[C@H]1C2.Cc1cn2c(c(O)c1=O)C(=O)N1[C@@H](C)CCN(C3CC3)[C@@H]1C2.Cc1cn2c(c(O)c1=O)C(=O)N1[C@@H](C)[C@H]3CCCN3[C@@H]1C2.Cc1cn2c(c(O)c1=O)C(=O)N1[C@@H]3CC[C@@H](C3)[C@H]1C2.Cc1cn2c(c(O)c1=O)C(=O)N1[C@H](C2)N(C2CC2)C[C@@H]1C. The van der Waals surface area contributed by atoms with Gasteiger partial charge in [0.1, 0.15) is 24.7 Å². The van der Waals surface area contributed by atoms with Gasteiger partial charge in [0.15, 0.2) is 80.1 Å². The van der Waals surface area contributed by atoms with Crippen molar-refractivity contribution in [2.45, 2.75) is 284 Å². The van der Waals surface area contributed by atoms with Crippen LogP contribution in [0.3, 0.4) is 0 Å². The molecule has 42 nitrogen and oxygen atoms in total. The lowest BCUT2D eigenvalue weighted by atomic mass is 9.96. The summed E-state index contributed by atoms with van der Waals surface area (Å²) < 4.78 is 28.0. The summed E-state index contributed by atoms with van der Waals surface area (Å²) >= 11 is 0. The molecule has 2 bridgehead atoms. The molecule has 22 heterocycles. The van der Waals surface area contributed by atoms with E-state index in [1.807, 2.05) is 40.4 Å². The number of nitrogens with zero attached hydrogens (tertiary/aromatic N) is 18. The molecule has 142 heavy (non-hydrogen) atoms. The molecule has 0 radical (unpaired) electrons. The smallest absolute Gasteiger partial charge is 0.276 e. The van der Waals surface area contributed by atoms with E-state index in [0.29, 0.717) is 161 Å². The second-order valence-corrected chi connectivity index (χ2v) is 41.4. The Bertz CT molecular complexity index is 6700. The molecule has 0 unspecified atom stereocenters. The lowest BCUT2D eigenvalue weighted by molar-refractivity contribution is -0.0396. The van der Waals surface area contributed by atoms with Gasteiger partial charge in [0.25, 0.3) is 41.4 Å². The van der Waals surface area contributed by atoms with Gasteiger partial charge >= 0.3 is 0 Å². The number of aromatic nitrogens is 7. The van der Waals surface area contributed by atoms with Crippen LogP contribution in [0.15, 0.2) is 76.9 Å². The summed E-state index contributed by atoms with van der Waals surface area (Å²) in [6.07, 6.45) is 24.0. The molecular weight excluding hydrogens is 1840 g/mol. The van der Waals surface area contributed by atoms with Crippen LogP contribution < -0.4 is 38.0 Å². The van der Waals surface area contributed by atoms with Crippen molar-refractivity contribution < 1.29 is 83.5 Å². The van der Waals surface area contributed by atoms with Crippen LogP contribution in [-0.4, -0.2) is 340 Å². The van der Waals surface area contributed by atoms with Gasteiger partial charge in [-0.2, -0.15) is 0 Å². The van der Waals surface area contributed by atoms with Gasteiger partial charge in [-0.1, -0.05) is 0 Å². The number of carbonyl (C=O) groups is 7. The zero-order valence-corrected chi connectivity index (χ0v) is 82.1. The van der Waals surface area contributed by atoms with Crippen molar-refractivity contribution in [3.8, 4) is 40.2 Å². The van der Waals surface area contributed by atoms with Crippen molar-refractivity contribution in [3.05, 3.63) is 194 Å². The normalized spacial score (nSPS) is 27.2. The Kier molecular flexibility index (Phi) is 26.1. The van der Waals surface area contributed by atoms with E-state index in [0.717, 1.165) is 64.8 Å². The Morgan fingerprint density at radius 2 is 0.641 bits per heavy atom. The first-order valence-electron chi connectivity index (χ1n) is 49.6. The minimum Gasteiger partial charge on any atom is -0.503 e. The van der Waals surface area contributed by atoms with Crippen LogP contribution in [0.5, 0.6) is 40.2 Å². The summed E-state index contributed by atoms with van der Waals surface area (Å²) in [5.41, 5.74) is 0.998. The van der Waals surface area contributed by atoms with Gasteiger partial charge in [-0.25, -0.2) is 0 Å². The van der Waals surface area contributed by atoms with E-state index in [2.05, 4.69) is 26.5 Å². The van der Waals surface area contributed by atoms with E-state index in [4.69, 9.17) is 14.2 Å². The summed E-state index contributed by atoms with van der Waals surface area (Å²) in [6, 6.07) is 2.58. The van der Waals surface area contributed by atoms with Gasteiger partial charge in [0.2, 0.25) is 38.0 Å². The third-order valence-corrected chi connectivity index (χ3v) is 32.3. The molecule has 7 amide bonds. The number of ether oxygens (including phenoxy) is 3. The zero-order valence-electron chi connectivity index (χ0n) is 82.1. The molecule has 760 valence electrons. The Balaban J connectivity index is 0.000000105. The third kappa shape index (κ3) is 16.7. The molecule has 42 heteroatoms. The number of aryl methyl sites for hydroxylation is 7. The molecule has 18 aliphatic rings. The summed E-state index contributed by atoms with van der Waals surface area (Å²) in [5, 5.41) is 70.3. The molecule has 25 rings (SSSR count). The number of carbonyl (C=O) groups excluding carboxylic acids is 7. The molecule has 11 fully saturated rings. The summed E-state index contributed by atoms with van der Waals surface area (Å²) in [7, 11) is 1.66. The molecule has 3 aliphatic carbocycles. The Hall–Kier alpha value is -12.7. The highest BCUT2D eigenvalue weighted by Gasteiger charge is 2.56. The average Bonchev–Trinajstić information content (AvgIpc) is 1.58. The van der Waals surface area contributed by atoms with E-state index in [-0.39, 0.29) is 154 Å². The van der Waals surface area contributed by atoms with E-state index in [1.54, 1.807) is 146 Å². The standard InChI is InChI=1S/C16H23N3O4.C16H21N3O3.2C15H19N3O3.C14H16N2O3.2C12H14N2O4/c1-10-8-18-9-12-17(6-7-23-3)5-4-11(2)19(12)16(22)13(18)15(21)14(10)20;1-9-7-17-8-12-18(11-3-4-11)6-5-10(2)19(12)16(22)13(17)15(21)14(9)20;1-8-5-16-7-11-17(10-3-4-10)6-9(2)18(11)15(21)12(16)14(20)13(8)19;1-8-6-16-7-11-17-5-3-4-10(17)9(2)18(11)15(21)12(16)14(20)13(8)19;1-7-5-15-6-10-8-2-3-9(4-8)16(10)14(19)11(15)13(18)12(7)17;2*1-7-4-13-5-8-6-18-3-2-14(8)12(17)9(13)11(16)10(7)15/h8,11-12,21H,4-7,9H2,1-3H3;7,10-12,21H,3-6,8H2,1-2H3;5,9-11,20H,3-4,6-7H2,1-2H3;6,9-11,20H,3-5,7H2,1-2H3;5,8-10,18H,2-4,6H2,1H3;2*4,8,16H,2-3,5-6H2,1H3/t11-,12-;10-,12-;9-,11+;9-,10+,11-;8-,9+,10+;2*8-/m0000010/s1. The topological polar surface area (TPSA) is 478 Å². The van der Waals surface area contributed by atoms with Crippen LogP contribution in [0.2, 0.25) is 0 Å². The van der Waals surface area contributed by atoms with Gasteiger partial charge in [0, 0.05) is 203 Å². The summed E-state index contributed by atoms with van der Waals surface area (Å²) in [4.78, 5) is 194. The predicted octanol–water partition coefficient (Wildman–Crippen LogP) is 2.61. The molecular formula is C100H126N18O24. The molecule has 0 spiro atoms. The minimum atomic E-state index is -0.471. The number of aromatic hydroxyl groups is 7. The number of hydrogen-bond donors (Lipinski definition) is 7. The summed E-state index contributed by atoms with van der Waals surface area (Å²) in [5.74, 6) is -4.01. The second kappa shape index (κ2) is 37.9. The first-order chi connectivity index (χ1) is 67.7. The van der Waals surface area contributed by atoms with Crippen LogP contribution in [0.4, 0.5) is 0 Å². The maximum atomic E-state index is 12.9. The van der Waals surface area contributed by atoms with Crippen molar-refractivity contribution in [3.63, 3.8) is 0 Å². The predicted molar refractivity (Wildman–Crippen MR) is 512 cm³/mol. The van der Waals surface area contributed by atoms with Gasteiger partial charge in [-0.15, -0.1) is 0 Å². The van der Waals surface area contributed by atoms with Crippen LogP contribution >= 0.6 is 0 Å². The lowest BCUT2D eigenvalue weighted by Gasteiger charge is -2.50. The van der Waals surface area contributed by atoms with Gasteiger partial charge in [-0.05, 0) is 153 Å². The maximum Gasteiger partial charge on any atom is 0.276 e. The molecule has 7 aromatic heterocycles. The Morgan fingerprint density at radius 1 is 0.310 bits per heavy atom. The van der Waals surface area contributed by atoms with Crippen LogP contribution in [0, 0.1) is 54.4 Å². The average molecular weight is 1960 g/mol. The first-order valence-corrected chi connectivity index (χ1v) is 49.6.